The van der Waals surface area contributed by atoms with Gasteiger partial charge in [-0.15, -0.1) is 0 Å². The molecular weight excluding hydrogens is 308 g/mol. The molecular formula is C14H21BrN2O2. The molecule has 19 heavy (non-hydrogen) atoms. The van der Waals surface area contributed by atoms with Crippen molar-refractivity contribution in [3.63, 3.8) is 0 Å². The number of nitrogens with two attached hydrogens (primary N) is 1. The fraction of sp³-hybridized carbons (Fsp3) is 0.500. The molecule has 1 unspecified atom stereocenters. The number of rotatable bonds is 6. The summed E-state index contributed by atoms with van der Waals surface area (Å²) in [6.07, 6.45) is -0.524. The van der Waals surface area contributed by atoms with Crippen LogP contribution in [0.3, 0.4) is 0 Å². The van der Waals surface area contributed by atoms with Crippen LogP contribution in [-0.4, -0.2) is 30.0 Å². The van der Waals surface area contributed by atoms with Crippen molar-refractivity contribution >= 4 is 21.8 Å². The first-order valence-corrected chi connectivity index (χ1v) is 7.27. The molecule has 0 saturated carbocycles. The van der Waals surface area contributed by atoms with Gasteiger partial charge >= 0.3 is 0 Å². The second-order valence-corrected chi connectivity index (χ2v) is 5.06. The van der Waals surface area contributed by atoms with Gasteiger partial charge in [-0.05, 0) is 42.8 Å². The molecule has 0 aliphatic rings. The van der Waals surface area contributed by atoms with Gasteiger partial charge in [0.2, 0.25) is 0 Å². The highest BCUT2D eigenvalue weighted by Gasteiger charge is 2.21. The SMILES string of the molecule is CCN(CC)C(=O)C(C)Oc1c(Br)cccc1CN. The summed E-state index contributed by atoms with van der Waals surface area (Å²) in [7, 11) is 0. The Balaban J connectivity index is 2.87. The Bertz CT molecular complexity index is 433. The largest absolute Gasteiger partial charge is 0.479 e. The van der Waals surface area contributed by atoms with Crippen LogP contribution in [0.5, 0.6) is 5.75 Å². The van der Waals surface area contributed by atoms with Crippen molar-refractivity contribution < 1.29 is 9.53 Å². The summed E-state index contributed by atoms with van der Waals surface area (Å²) in [5, 5.41) is 0. The monoisotopic (exact) mass is 328 g/mol. The molecule has 0 bridgehead atoms. The zero-order chi connectivity index (χ0) is 14.4. The highest BCUT2D eigenvalue weighted by Crippen LogP contribution is 2.29. The summed E-state index contributed by atoms with van der Waals surface area (Å²) < 4.78 is 6.61. The number of para-hydroxylation sites is 1. The number of carbonyl (C=O) groups excluding carboxylic acids is 1. The van der Waals surface area contributed by atoms with Gasteiger partial charge in [0.15, 0.2) is 6.10 Å². The molecule has 1 aromatic rings. The summed E-state index contributed by atoms with van der Waals surface area (Å²) in [5.74, 6) is 0.640. The lowest BCUT2D eigenvalue weighted by molar-refractivity contribution is -0.137. The zero-order valence-corrected chi connectivity index (χ0v) is 13.2. The van der Waals surface area contributed by atoms with Crippen molar-refractivity contribution in [2.75, 3.05) is 13.1 Å². The number of hydrogen-bond donors (Lipinski definition) is 1. The summed E-state index contributed by atoms with van der Waals surface area (Å²) in [5.41, 5.74) is 6.57. The van der Waals surface area contributed by atoms with Gasteiger partial charge < -0.3 is 15.4 Å². The number of hydrogen-bond acceptors (Lipinski definition) is 3. The molecule has 1 rings (SSSR count). The first kappa shape index (κ1) is 16.0. The summed E-state index contributed by atoms with van der Waals surface area (Å²) in [4.78, 5) is 13.9. The lowest BCUT2D eigenvalue weighted by Crippen LogP contribution is -2.40. The maximum absolute atomic E-state index is 12.2. The second kappa shape index (κ2) is 7.50. The minimum atomic E-state index is -0.524. The Morgan fingerprint density at radius 3 is 2.58 bits per heavy atom. The third kappa shape index (κ3) is 3.94. The Morgan fingerprint density at radius 2 is 2.05 bits per heavy atom. The van der Waals surface area contributed by atoms with Crippen LogP contribution in [0.25, 0.3) is 0 Å². The van der Waals surface area contributed by atoms with Gasteiger partial charge in [-0.2, -0.15) is 0 Å². The van der Waals surface area contributed by atoms with Crippen LogP contribution in [0.15, 0.2) is 22.7 Å². The molecule has 2 N–H and O–H groups in total. The molecule has 1 aromatic carbocycles. The molecule has 1 amide bonds. The quantitative estimate of drug-likeness (QED) is 0.873. The van der Waals surface area contributed by atoms with E-state index < -0.39 is 6.10 Å². The topological polar surface area (TPSA) is 55.6 Å². The molecule has 5 heteroatoms. The molecule has 106 valence electrons. The van der Waals surface area contributed by atoms with E-state index in [2.05, 4.69) is 15.9 Å². The Kier molecular flexibility index (Phi) is 6.31. The number of carbonyl (C=O) groups is 1. The van der Waals surface area contributed by atoms with Crippen LogP contribution in [-0.2, 0) is 11.3 Å². The van der Waals surface area contributed by atoms with Crippen LogP contribution in [0.2, 0.25) is 0 Å². The molecule has 0 aromatic heterocycles. The van der Waals surface area contributed by atoms with Crippen LogP contribution in [0, 0.1) is 0 Å². The Hall–Kier alpha value is -1.07. The van der Waals surface area contributed by atoms with E-state index in [0.29, 0.717) is 25.4 Å². The van der Waals surface area contributed by atoms with E-state index in [1.54, 1.807) is 11.8 Å². The number of likely N-dealkylation sites (N-methyl/N-ethyl adjacent to an activating group) is 1. The van der Waals surface area contributed by atoms with Gasteiger partial charge in [-0.25, -0.2) is 0 Å². The number of ether oxygens (including phenoxy) is 1. The van der Waals surface area contributed by atoms with E-state index in [1.165, 1.54) is 0 Å². The lowest BCUT2D eigenvalue weighted by Gasteiger charge is -2.24. The van der Waals surface area contributed by atoms with Crippen LogP contribution >= 0.6 is 15.9 Å². The van der Waals surface area contributed by atoms with Crippen LogP contribution < -0.4 is 10.5 Å². The molecule has 0 spiro atoms. The van der Waals surface area contributed by atoms with Gasteiger partial charge in [0.1, 0.15) is 5.75 Å². The lowest BCUT2D eigenvalue weighted by atomic mass is 10.2. The fourth-order valence-corrected chi connectivity index (χ4v) is 2.37. The zero-order valence-electron chi connectivity index (χ0n) is 11.6. The molecule has 0 heterocycles. The minimum Gasteiger partial charge on any atom is -0.479 e. The van der Waals surface area contributed by atoms with Crippen molar-refractivity contribution in [1.29, 1.82) is 0 Å². The van der Waals surface area contributed by atoms with E-state index >= 15 is 0 Å². The predicted octanol–water partition coefficient (Wildman–Crippen LogP) is 2.54. The van der Waals surface area contributed by atoms with Gasteiger partial charge in [0.05, 0.1) is 4.47 Å². The van der Waals surface area contributed by atoms with E-state index in [9.17, 15) is 4.79 Å². The van der Waals surface area contributed by atoms with E-state index in [0.717, 1.165) is 10.0 Å². The highest BCUT2D eigenvalue weighted by atomic mass is 79.9. The molecule has 0 aliphatic heterocycles. The van der Waals surface area contributed by atoms with Gasteiger partial charge in [-0.1, -0.05) is 12.1 Å². The fourth-order valence-electron chi connectivity index (χ4n) is 1.87. The van der Waals surface area contributed by atoms with Gasteiger partial charge in [0, 0.05) is 25.2 Å². The first-order valence-electron chi connectivity index (χ1n) is 6.48. The van der Waals surface area contributed by atoms with Crippen molar-refractivity contribution in [2.24, 2.45) is 5.73 Å². The third-order valence-electron chi connectivity index (χ3n) is 2.99. The van der Waals surface area contributed by atoms with E-state index in [4.69, 9.17) is 10.5 Å². The number of amides is 1. The highest BCUT2D eigenvalue weighted by molar-refractivity contribution is 9.10. The van der Waals surface area contributed by atoms with Crippen LogP contribution in [0.1, 0.15) is 26.3 Å². The van der Waals surface area contributed by atoms with E-state index in [1.807, 2.05) is 32.0 Å². The number of benzene rings is 1. The average Bonchev–Trinajstić information content (AvgIpc) is 2.42. The third-order valence-corrected chi connectivity index (χ3v) is 3.61. The molecule has 1 atom stereocenters. The smallest absolute Gasteiger partial charge is 0.263 e. The standard InChI is InChI=1S/C14H21BrN2O2/c1-4-17(5-2)14(18)10(3)19-13-11(9-16)7-6-8-12(13)15/h6-8,10H,4-5,9,16H2,1-3H3. The van der Waals surface area contributed by atoms with Gasteiger partial charge in [-0.3, -0.25) is 4.79 Å². The molecule has 0 aliphatic carbocycles. The van der Waals surface area contributed by atoms with Crippen molar-refractivity contribution in [1.82, 2.24) is 4.90 Å². The maximum atomic E-state index is 12.2. The van der Waals surface area contributed by atoms with Crippen molar-refractivity contribution in [3.05, 3.63) is 28.2 Å². The molecule has 0 saturated heterocycles. The molecule has 0 fully saturated rings. The van der Waals surface area contributed by atoms with Crippen molar-refractivity contribution in [2.45, 2.75) is 33.4 Å². The maximum Gasteiger partial charge on any atom is 0.263 e. The number of halogens is 1. The summed E-state index contributed by atoms with van der Waals surface area (Å²) in [6.45, 7) is 7.42. The minimum absolute atomic E-state index is 0.0104. The normalized spacial score (nSPS) is 12.1. The predicted molar refractivity (Wildman–Crippen MR) is 80.1 cm³/mol. The second-order valence-electron chi connectivity index (χ2n) is 4.20. The average molecular weight is 329 g/mol. The van der Waals surface area contributed by atoms with Crippen LogP contribution in [0.4, 0.5) is 0 Å². The first-order chi connectivity index (χ1) is 9.04. The summed E-state index contributed by atoms with van der Waals surface area (Å²) in [6, 6.07) is 5.67. The van der Waals surface area contributed by atoms with Crippen molar-refractivity contribution in [3.8, 4) is 5.75 Å². The molecule has 4 nitrogen and oxygen atoms in total. The molecule has 0 radical (unpaired) electrons. The van der Waals surface area contributed by atoms with Gasteiger partial charge in [0.25, 0.3) is 5.91 Å². The Labute approximate surface area is 123 Å². The Morgan fingerprint density at radius 1 is 1.42 bits per heavy atom. The van der Waals surface area contributed by atoms with E-state index in [-0.39, 0.29) is 5.91 Å². The summed E-state index contributed by atoms with van der Waals surface area (Å²) >= 11 is 3.43. The number of nitrogens with zero attached hydrogens (tertiary/aromatic N) is 1.